The predicted molar refractivity (Wildman–Crippen MR) is 66.0 cm³/mol. The van der Waals surface area contributed by atoms with E-state index >= 15 is 0 Å². The molecule has 2 nitrogen and oxygen atoms in total. The Hall–Kier alpha value is -1.38. The molecule has 0 bridgehead atoms. The Kier molecular flexibility index (Phi) is 5.67. The number of ether oxygens (including phenoxy) is 1. The third kappa shape index (κ3) is 4.55. The highest BCUT2D eigenvalue weighted by Gasteiger charge is 2.07. The summed E-state index contributed by atoms with van der Waals surface area (Å²) >= 11 is 0. The standard InChI is InChI=1S/C14H19FO2/c1-3-4-5-6-9-17-14-10-12(11(2)16)7-8-13(14)15/h7-8,10H,3-6,9H2,1-2H3. The quantitative estimate of drug-likeness (QED) is 0.530. The summed E-state index contributed by atoms with van der Waals surface area (Å²) in [6, 6.07) is 4.22. The topological polar surface area (TPSA) is 26.3 Å². The summed E-state index contributed by atoms with van der Waals surface area (Å²) in [4.78, 5) is 11.1. The zero-order valence-corrected chi connectivity index (χ0v) is 10.5. The van der Waals surface area contributed by atoms with Gasteiger partial charge in [0.25, 0.3) is 0 Å². The van der Waals surface area contributed by atoms with Gasteiger partial charge >= 0.3 is 0 Å². The average molecular weight is 238 g/mol. The molecule has 17 heavy (non-hydrogen) atoms. The van der Waals surface area contributed by atoms with Gasteiger partial charge in [-0.05, 0) is 31.5 Å². The number of Topliss-reactive ketones (excluding diaryl/α,β-unsaturated/α-hetero) is 1. The van der Waals surface area contributed by atoms with E-state index in [0.29, 0.717) is 12.2 Å². The highest BCUT2D eigenvalue weighted by molar-refractivity contribution is 5.94. The first kappa shape index (κ1) is 13.7. The summed E-state index contributed by atoms with van der Waals surface area (Å²) in [5, 5.41) is 0. The largest absolute Gasteiger partial charge is 0.490 e. The van der Waals surface area contributed by atoms with Crippen LogP contribution < -0.4 is 4.74 Å². The van der Waals surface area contributed by atoms with E-state index in [4.69, 9.17) is 4.74 Å². The minimum atomic E-state index is -0.412. The van der Waals surface area contributed by atoms with Gasteiger partial charge in [-0.25, -0.2) is 4.39 Å². The summed E-state index contributed by atoms with van der Waals surface area (Å²) in [6.45, 7) is 4.09. The highest BCUT2D eigenvalue weighted by atomic mass is 19.1. The summed E-state index contributed by atoms with van der Waals surface area (Å²) < 4.78 is 18.7. The van der Waals surface area contributed by atoms with Crippen LogP contribution >= 0.6 is 0 Å². The van der Waals surface area contributed by atoms with Gasteiger partial charge < -0.3 is 4.74 Å². The first-order valence-corrected chi connectivity index (χ1v) is 6.08. The number of hydrogen-bond acceptors (Lipinski definition) is 2. The van der Waals surface area contributed by atoms with Crippen LogP contribution in [0.4, 0.5) is 4.39 Å². The number of carbonyl (C=O) groups excluding carboxylic acids is 1. The summed E-state index contributed by atoms with van der Waals surface area (Å²) in [5.74, 6) is -0.319. The molecule has 0 unspecified atom stereocenters. The van der Waals surface area contributed by atoms with Crippen molar-refractivity contribution in [1.82, 2.24) is 0 Å². The van der Waals surface area contributed by atoms with E-state index in [-0.39, 0.29) is 11.5 Å². The molecule has 0 radical (unpaired) electrons. The lowest BCUT2D eigenvalue weighted by Crippen LogP contribution is -2.01. The number of hydrogen-bond donors (Lipinski definition) is 0. The van der Waals surface area contributed by atoms with Crippen molar-refractivity contribution in [1.29, 1.82) is 0 Å². The number of benzene rings is 1. The molecule has 0 aliphatic heterocycles. The number of rotatable bonds is 7. The fourth-order valence-electron chi connectivity index (χ4n) is 1.54. The Balaban J connectivity index is 2.51. The molecule has 0 spiro atoms. The Morgan fingerprint density at radius 1 is 1.29 bits per heavy atom. The van der Waals surface area contributed by atoms with Gasteiger partial charge in [-0.3, -0.25) is 4.79 Å². The molecular formula is C14H19FO2. The maximum atomic E-state index is 13.4. The Bertz CT molecular complexity index is 374. The van der Waals surface area contributed by atoms with Gasteiger partial charge in [0.2, 0.25) is 0 Å². The average Bonchev–Trinajstić information content (AvgIpc) is 2.30. The van der Waals surface area contributed by atoms with E-state index < -0.39 is 5.82 Å². The van der Waals surface area contributed by atoms with Crippen LogP contribution in [0.5, 0.6) is 5.75 Å². The monoisotopic (exact) mass is 238 g/mol. The van der Waals surface area contributed by atoms with E-state index in [9.17, 15) is 9.18 Å². The number of unbranched alkanes of at least 4 members (excludes halogenated alkanes) is 3. The zero-order chi connectivity index (χ0) is 12.7. The molecule has 0 heterocycles. The van der Waals surface area contributed by atoms with E-state index in [1.807, 2.05) is 0 Å². The molecule has 0 saturated carbocycles. The molecule has 1 aromatic rings. The molecule has 0 aliphatic carbocycles. The van der Waals surface area contributed by atoms with Gasteiger partial charge in [-0.15, -0.1) is 0 Å². The van der Waals surface area contributed by atoms with E-state index in [1.54, 1.807) is 0 Å². The van der Waals surface area contributed by atoms with Crippen molar-refractivity contribution in [3.8, 4) is 5.75 Å². The van der Waals surface area contributed by atoms with Crippen molar-refractivity contribution < 1.29 is 13.9 Å². The molecule has 0 aliphatic rings. The van der Waals surface area contributed by atoms with Crippen LogP contribution in [0.3, 0.4) is 0 Å². The molecule has 0 aromatic heterocycles. The first-order chi connectivity index (χ1) is 8.15. The maximum absolute atomic E-state index is 13.4. The Morgan fingerprint density at radius 2 is 2.06 bits per heavy atom. The molecule has 0 saturated heterocycles. The minimum Gasteiger partial charge on any atom is -0.490 e. The van der Waals surface area contributed by atoms with Crippen molar-refractivity contribution in [3.05, 3.63) is 29.6 Å². The van der Waals surface area contributed by atoms with Crippen molar-refractivity contribution in [3.63, 3.8) is 0 Å². The third-order valence-electron chi connectivity index (χ3n) is 2.59. The van der Waals surface area contributed by atoms with Gasteiger partial charge in [0.15, 0.2) is 17.3 Å². The van der Waals surface area contributed by atoms with Crippen LogP contribution in [0.15, 0.2) is 18.2 Å². The van der Waals surface area contributed by atoms with Crippen LogP contribution in [0.1, 0.15) is 49.9 Å². The van der Waals surface area contributed by atoms with E-state index in [2.05, 4.69) is 6.92 Å². The highest BCUT2D eigenvalue weighted by Crippen LogP contribution is 2.19. The fourth-order valence-corrected chi connectivity index (χ4v) is 1.54. The Labute approximate surface area is 102 Å². The van der Waals surface area contributed by atoms with Crippen LogP contribution in [-0.2, 0) is 0 Å². The second-order valence-corrected chi connectivity index (χ2v) is 4.11. The summed E-state index contributed by atoms with van der Waals surface area (Å²) in [5.41, 5.74) is 0.481. The van der Waals surface area contributed by atoms with Gasteiger partial charge in [-0.2, -0.15) is 0 Å². The SMILES string of the molecule is CCCCCCOc1cc(C(C)=O)ccc1F. The lowest BCUT2D eigenvalue weighted by atomic mass is 10.1. The van der Waals surface area contributed by atoms with Crippen molar-refractivity contribution >= 4 is 5.78 Å². The molecule has 3 heteroatoms. The van der Waals surface area contributed by atoms with E-state index in [1.165, 1.54) is 31.5 Å². The molecule has 0 atom stereocenters. The predicted octanol–water partition coefficient (Wildman–Crippen LogP) is 3.99. The molecular weight excluding hydrogens is 219 g/mol. The van der Waals surface area contributed by atoms with Crippen molar-refractivity contribution in [2.45, 2.75) is 39.5 Å². The smallest absolute Gasteiger partial charge is 0.165 e. The second kappa shape index (κ2) is 7.05. The van der Waals surface area contributed by atoms with Crippen molar-refractivity contribution in [2.75, 3.05) is 6.61 Å². The third-order valence-corrected chi connectivity index (χ3v) is 2.59. The lowest BCUT2D eigenvalue weighted by molar-refractivity contribution is 0.101. The second-order valence-electron chi connectivity index (χ2n) is 4.11. The lowest BCUT2D eigenvalue weighted by Gasteiger charge is -2.08. The maximum Gasteiger partial charge on any atom is 0.165 e. The van der Waals surface area contributed by atoms with Crippen LogP contribution in [-0.4, -0.2) is 12.4 Å². The van der Waals surface area contributed by atoms with Crippen molar-refractivity contribution in [2.24, 2.45) is 0 Å². The van der Waals surface area contributed by atoms with Gasteiger partial charge in [0, 0.05) is 5.56 Å². The van der Waals surface area contributed by atoms with Gasteiger partial charge in [0.1, 0.15) is 0 Å². The summed E-state index contributed by atoms with van der Waals surface area (Å²) in [6.07, 6.45) is 4.33. The number of halogens is 1. The first-order valence-electron chi connectivity index (χ1n) is 6.08. The minimum absolute atomic E-state index is 0.0826. The van der Waals surface area contributed by atoms with Gasteiger partial charge in [0.05, 0.1) is 6.61 Å². The van der Waals surface area contributed by atoms with Crippen LogP contribution in [0.25, 0.3) is 0 Å². The molecule has 0 N–H and O–H groups in total. The summed E-state index contributed by atoms with van der Waals surface area (Å²) in [7, 11) is 0. The molecule has 1 rings (SSSR count). The van der Waals surface area contributed by atoms with Gasteiger partial charge in [-0.1, -0.05) is 26.2 Å². The molecule has 0 fully saturated rings. The fraction of sp³-hybridized carbons (Fsp3) is 0.500. The zero-order valence-electron chi connectivity index (χ0n) is 10.5. The number of ketones is 1. The van der Waals surface area contributed by atoms with Crippen LogP contribution in [0.2, 0.25) is 0 Å². The normalized spacial score (nSPS) is 10.3. The molecule has 0 amide bonds. The van der Waals surface area contributed by atoms with Crippen LogP contribution in [0, 0.1) is 5.82 Å². The molecule has 1 aromatic carbocycles. The number of carbonyl (C=O) groups is 1. The van der Waals surface area contributed by atoms with E-state index in [0.717, 1.165) is 19.3 Å². The molecule has 94 valence electrons. The Morgan fingerprint density at radius 3 is 2.71 bits per heavy atom.